The van der Waals surface area contributed by atoms with Gasteiger partial charge in [0.25, 0.3) is 0 Å². The van der Waals surface area contributed by atoms with Crippen molar-refractivity contribution in [3.8, 4) is 17.6 Å². The van der Waals surface area contributed by atoms with Gasteiger partial charge in [0.1, 0.15) is 23.4 Å². The van der Waals surface area contributed by atoms with Crippen molar-refractivity contribution in [3.63, 3.8) is 0 Å². The second-order valence-corrected chi connectivity index (χ2v) is 6.23. The highest BCUT2D eigenvalue weighted by Crippen LogP contribution is 2.24. The lowest BCUT2D eigenvalue weighted by atomic mass is 10.1. The highest BCUT2D eigenvalue weighted by molar-refractivity contribution is 5.39. The van der Waals surface area contributed by atoms with Crippen molar-refractivity contribution in [2.75, 3.05) is 13.7 Å². The van der Waals surface area contributed by atoms with Crippen molar-refractivity contribution in [3.05, 3.63) is 59.4 Å². The van der Waals surface area contributed by atoms with E-state index in [0.717, 1.165) is 18.5 Å². The van der Waals surface area contributed by atoms with Crippen LogP contribution < -0.4 is 4.74 Å². The Labute approximate surface area is 155 Å². The molecule has 0 aromatic heterocycles. The zero-order valence-corrected chi connectivity index (χ0v) is 14.8. The third-order valence-electron chi connectivity index (χ3n) is 3.79. The van der Waals surface area contributed by atoms with Gasteiger partial charge in [-0.25, -0.2) is 4.39 Å². The van der Waals surface area contributed by atoms with Crippen LogP contribution in [0.4, 0.5) is 4.39 Å². The SMILES string of the molecule is C.CON(CCC(C)C)Cc1ccc(Oc2ccc(C#N)c(F)c2)cc1. The van der Waals surface area contributed by atoms with Crippen LogP contribution in [-0.2, 0) is 11.4 Å². The number of hydroxylamine groups is 2. The Balaban J connectivity index is 0.00000338. The maximum Gasteiger partial charge on any atom is 0.144 e. The molecule has 0 unspecified atom stereocenters. The van der Waals surface area contributed by atoms with Gasteiger partial charge in [-0.05, 0) is 42.2 Å². The van der Waals surface area contributed by atoms with E-state index in [9.17, 15) is 4.39 Å². The molecule has 0 saturated carbocycles. The topological polar surface area (TPSA) is 45.5 Å². The van der Waals surface area contributed by atoms with E-state index in [1.165, 1.54) is 12.1 Å². The first kappa shape index (κ1) is 21.6. The Morgan fingerprint density at radius 2 is 1.77 bits per heavy atom. The Kier molecular flexibility index (Phi) is 8.77. The van der Waals surface area contributed by atoms with E-state index in [4.69, 9.17) is 14.8 Å². The summed E-state index contributed by atoms with van der Waals surface area (Å²) < 4.78 is 19.2. The summed E-state index contributed by atoms with van der Waals surface area (Å²) in [6.45, 7) is 5.93. The number of nitriles is 1. The zero-order chi connectivity index (χ0) is 18.2. The van der Waals surface area contributed by atoms with Crippen LogP contribution >= 0.6 is 0 Å². The van der Waals surface area contributed by atoms with Crippen molar-refractivity contribution in [1.29, 1.82) is 5.26 Å². The lowest BCUT2D eigenvalue weighted by molar-refractivity contribution is -0.140. The van der Waals surface area contributed by atoms with Gasteiger partial charge in [-0.3, -0.25) is 0 Å². The van der Waals surface area contributed by atoms with Crippen LogP contribution in [0, 0.1) is 23.1 Å². The molecule has 0 saturated heterocycles. The summed E-state index contributed by atoms with van der Waals surface area (Å²) in [4.78, 5) is 5.40. The fourth-order valence-electron chi connectivity index (χ4n) is 2.29. The Bertz CT molecular complexity index is 724. The molecule has 2 aromatic carbocycles. The van der Waals surface area contributed by atoms with Crippen molar-refractivity contribution < 1.29 is 14.0 Å². The number of ether oxygens (including phenoxy) is 1. The average molecular weight is 358 g/mol. The fraction of sp³-hybridized carbons (Fsp3) is 0.381. The summed E-state index contributed by atoms with van der Waals surface area (Å²) in [7, 11) is 1.68. The summed E-state index contributed by atoms with van der Waals surface area (Å²) in [5, 5.41) is 10.7. The number of benzene rings is 2. The van der Waals surface area contributed by atoms with E-state index in [-0.39, 0.29) is 13.0 Å². The summed E-state index contributed by atoms with van der Waals surface area (Å²) in [6, 6.07) is 13.6. The zero-order valence-electron chi connectivity index (χ0n) is 14.8. The van der Waals surface area contributed by atoms with Gasteiger partial charge in [0.05, 0.1) is 12.7 Å². The lowest BCUT2D eigenvalue weighted by Gasteiger charge is -2.20. The molecular weight excluding hydrogens is 331 g/mol. The lowest BCUT2D eigenvalue weighted by Crippen LogP contribution is -2.24. The van der Waals surface area contributed by atoms with Crippen LogP contribution in [-0.4, -0.2) is 18.7 Å². The smallest absolute Gasteiger partial charge is 0.144 e. The first-order valence-electron chi connectivity index (χ1n) is 8.27. The van der Waals surface area contributed by atoms with Crippen molar-refractivity contribution in [2.24, 2.45) is 5.92 Å². The summed E-state index contributed by atoms with van der Waals surface area (Å²) in [6.07, 6.45) is 1.07. The van der Waals surface area contributed by atoms with Gasteiger partial charge < -0.3 is 9.57 Å². The number of nitrogens with zero attached hydrogens (tertiary/aromatic N) is 2. The molecular formula is C21H27FN2O2. The average Bonchev–Trinajstić information content (AvgIpc) is 2.60. The van der Waals surface area contributed by atoms with Gasteiger partial charge in [0, 0.05) is 19.2 Å². The molecule has 0 atom stereocenters. The molecule has 2 rings (SSSR count). The first-order chi connectivity index (χ1) is 12.0. The number of rotatable bonds is 8. The molecule has 0 N–H and O–H groups in total. The second-order valence-electron chi connectivity index (χ2n) is 6.23. The van der Waals surface area contributed by atoms with Gasteiger partial charge in [-0.1, -0.05) is 33.4 Å². The van der Waals surface area contributed by atoms with E-state index < -0.39 is 5.82 Å². The minimum atomic E-state index is -0.586. The van der Waals surface area contributed by atoms with Crippen LogP contribution in [0.3, 0.4) is 0 Å². The van der Waals surface area contributed by atoms with Gasteiger partial charge in [-0.2, -0.15) is 10.3 Å². The highest BCUT2D eigenvalue weighted by atomic mass is 19.1. The quantitative estimate of drug-likeness (QED) is 0.582. The maximum absolute atomic E-state index is 13.6. The fourth-order valence-corrected chi connectivity index (χ4v) is 2.29. The number of hydrogen-bond donors (Lipinski definition) is 0. The summed E-state index contributed by atoms with van der Waals surface area (Å²) >= 11 is 0. The second kappa shape index (κ2) is 10.5. The molecule has 0 bridgehead atoms. The minimum absolute atomic E-state index is 0. The Hall–Kier alpha value is -2.42. The third kappa shape index (κ3) is 6.47. The van der Waals surface area contributed by atoms with Crippen molar-refractivity contribution in [1.82, 2.24) is 5.06 Å². The van der Waals surface area contributed by atoms with Gasteiger partial charge in [0.2, 0.25) is 0 Å². The monoisotopic (exact) mass is 358 g/mol. The molecule has 0 amide bonds. The first-order valence-corrected chi connectivity index (χ1v) is 8.27. The van der Waals surface area contributed by atoms with E-state index >= 15 is 0 Å². The van der Waals surface area contributed by atoms with Gasteiger partial charge in [-0.15, -0.1) is 0 Å². The molecule has 0 aliphatic heterocycles. The summed E-state index contributed by atoms with van der Waals surface area (Å²) in [5.41, 5.74) is 1.10. The van der Waals surface area contributed by atoms with Crippen LogP contribution in [0.25, 0.3) is 0 Å². The van der Waals surface area contributed by atoms with E-state index in [0.29, 0.717) is 24.0 Å². The van der Waals surface area contributed by atoms with Gasteiger partial charge in [0.15, 0.2) is 0 Å². The molecule has 2 aromatic rings. The molecule has 140 valence electrons. The van der Waals surface area contributed by atoms with Crippen LogP contribution in [0.1, 0.15) is 38.8 Å². The van der Waals surface area contributed by atoms with Crippen LogP contribution in [0.2, 0.25) is 0 Å². The predicted molar refractivity (Wildman–Crippen MR) is 101 cm³/mol. The summed E-state index contributed by atoms with van der Waals surface area (Å²) in [5.74, 6) is 1.01. The molecule has 26 heavy (non-hydrogen) atoms. The molecule has 0 aliphatic rings. The minimum Gasteiger partial charge on any atom is -0.457 e. The van der Waals surface area contributed by atoms with Crippen LogP contribution in [0.5, 0.6) is 11.5 Å². The molecule has 0 fully saturated rings. The van der Waals surface area contributed by atoms with E-state index in [1.54, 1.807) is 19.2 Å². The molecule has 5 heteroatoms. The molecule has 0 aliphatic carbocycles. The third-order valence-corrected chi connectivity index (χ3v) is 3.79. The molecule has 0 spiro atoms. The van der Waals surface area contributed by atoms with E-state index in [1.807, 2.05) is 29.3 Å². The van der Waals surface area contributed by atoms with Crippen molar-refractivity contribution in [2.45, 2.75) is 34.2 Å². The largest absolute Gasteiger partial charge is 0.457 e. The number of hydrogen-bond acceptors (Lipinski definition) is 4. The maximum atomic E-state index is 13.6. The standard InChI is InChI=1S/C20H23FN2O2.CH4/c1-15(2)10-11-23(24-3)14-16-4-7-18(8-5-16)25-19-9-6-17(13-22)20(21)12-19;/h4-9,12,15H,10-11,14H2,1-3H3;1H4. The number of halogens is 1. The highest BCUT2D eigenvalue weighted by Gasteiger charge is 2.08. The molecule has 0 radical (unpaired) electrons. The van der Waals surface area contributed by atoms with Crippen molar-refractivity contribution >= 4 is 0 Å². The Morgan fingerprint density at radius 3 is 2.31 bits per heavy atom. The van der Waals surface area contributed by atoms with E-state index in [2.05, 4.69) is 13.8 Å². The normalized spacial score (nSPS) is 10.5. The molecule has 0 heterocycles. The predicted octanol–water partition coefficient (Wildman–Crippen LogP) is 5.54. The van der Waals surface area contributed by atoms with Gasteiger partial charge >= 0.3 is 0 Å². The van der Waals surface area contributed by atoms with Crippen LogP contribution in [0.15, 0.2) is 42.5 Å². The Morgan fingerprint density at radius 1 is 1.12 bits per heavy atom. The molecule has 4 nitrogen and oxygen atoms in total.